The van der Waals surface area contributed by atoms with Crippen LogP contribution in [0.15, 0.2) is 29.8 Å². The quantitative estimate of drug-likeness (QED) is 0.785. The van der Waals surface area contributed by atoms with Crippen LogP contribution < -0.4 is 4.72 Å². The highest BCUT2D eigenvalue weighted by atomic mass is 32.2. The number of Topliss-reactive ketones (excluding diaryl/α,β-unsaturated/α-hetero) is 1. The van der Waals surface area contributed by atoms with Gasteiger partial charge in [-0.3, -0.25) is 9.52 Å². The van der Waals surface area contributed by atoms with Gasteiger partial charge in [0.25, 0.3) is 0 Å². The molecule has 0 fully saturated rings. The van der Waals surface area contributed by atoms with Crippen LogP contribution in [0.4, 0.5) is 5.00 Å². The van der Waals surface area contributed by atoms with Crippen LogP contribution in [0.5, 0.6) is 0 Å². The Morgan fingerprint density at radius 2 is 1.83 bits per heavy atom. The molecule has 0 spiro atoms. The van der Waals surface area contributed by atoms with E-state index < -0.39 is 16.0 Å². The molecule has 9 heteroatoms. The molecule has 0 aliphatic rings. The Bertz CT molecular complexity index is 825. The van der Waals surface area contributed by atoms with Crippen molar-refractivity contribution in [1.82, 2.24) is 4.98 Å². The third kappa shape index (κ3) is 4.86. The van der Waals surface area contributed by atoms with Gasteiger partial charge in [0.15, 0.2) is 5.69 Å². The average molecular weight is 354 g/mol. The topological polar surface area (TPSA) is 113 Å². The van der Waals surface area contributed by atoms with Gasteiger partial charge in [0, 0.05) is 6.42 Å². The third-order valence-corrected chi connectivity index (χ3v) is 4.95. The molecule has 7 nitrogen and oxygen atoms in total. The summed E-state index contributed by atoms with van der Waals surface area (Å²) in [6.07, 6.45) is 0.300. The van der Waals surface area contributed by atoms with E-state index in [0.717, 1.165) is 16.9 Å². The smallest absolute Gasteiger partial charge is 0.357 e. The molecule has 0 unspecified atom stereocenters. The van der Waals surface area contributed by atoms with Crippen molar-refractivity contribution in [3.63, 3.8) is 0 Å². The Morgan fingerprint density at radius 3 is 2.39 bits per heavy atom. The van der Waals surface area contributed by atoms with Crippen molar-refractivity contribution in [3.05, 3.63) is 46.6 Å². The molecule has 23 heavy (non-hydrogen) atoms. The van der Waals surface area contributed by atoms with Gasteiger partial charge in [0.2, 0.25) is 10.0 Å². The summed E-state index contributed by atoms with van der Waals surface area (Å²) >= 11 is 0.905. The Kier molecular flexibility index (Phi) is 5.12. The number of hydrogen-bond acceptors (Lipinski definition) is 6. The zero-order valence-corrected chi connectivity index (χ0v) is 13.8. The molecule has 0 amide bonds. The van der Waals surface area contributed by atoms with Crippen LogP contribution in [-0.2, 0) is 27.0 Å². The molecule has 0 aliphatic carbocycles. The van der Waals surface area contributed by atoms with E-state index in [1.807, 2.05) is 0 Å². The number of carboxylic acid groups (broad SMARTS) is 1. The third-order valence-electron chi connectivity index (χ3n) is 2.85. The fourth-order valence-corrected chi connectivity index (χ4v) is 4.08. The molecule has 1 aromatic heterocycles. The summed E-state index contributed by atoms with van der Waals surface area (Å²) in [5.41, 5.74) is 2.28. The molecule has 2 aromatic rings. The van der Waals surface area contributed by atoms with Crippen molar-refractivity contribution >= 4 is 38.1 Å². The van der Waals surface area contributed by atoms with Crippen LogP contribution in [-0.4, -0.2) is 30.3 Å². The Hall–Kier alpha value is -2.26. The molecular formula is C14H14N2O5S2. The largest absolute Gasteiger partial charge is 0.476 e. The number of nitrogens with one attached hydrogen (secondary N) is 1. The summed E-state index contributed by atoms with van der Waals surface area (Å²) in [4.78, 5) is 25.6. The van der Waals surface area contributed by atoms with Crippen molar-refractivity contribution < 1.29 is 23.1 Å². The molecular weight excluding hydrogens is 340 g/mol. The van der Waals surface area contributed by atoms with Crippen LogP contribution in [0, 0.1) is 0 Å². The second-order valence-corrected chi connectivity index (χ2v) is 7.47. The summed E-state index contributed by atoms with van der Waals surface area (Å²) < 4.78 is 26.5. The molecule has 1 aromatic carbocycles. The lowest BCUT2D eigenvalue weighted by molar-refractivity contribution is -0.116. The molecule has 122 valence electrons. The Labute approximate surface area is 137 Å². The molecule has 2 rings (SSSR count). The van der Waals surface area contributed by atoms with Crippen LogP contribution in [0.2, 0.25) is 0 Å². The molecule has 0 aliphatic heterocycles. The number of ketones is 1. The van der Waals surface area contributed by atoms with Crippen LogP contribution in [0.3, 0.4) is 0 Å². The second-order valence-electron chi connectivity index (χ2n) is 4.89. The van der Waals surface area contributed by atoms with Gasteiger partial charge in [-0.1, -0.05) is 24.3 Å². The van der Waals surface area contributed by atoms with Crippen molar-refractivity contribution in [1.29, 1.82) is 0 Å². The normalized spacial score (nSPS) is 11.2. The minimum atomic E-state index is -3.76. The first-order chi connectivity index (χ1) is 10.8. The maximum atomic E-state index is 12.1. The first kappa shape index (κ1) is 17.1. The van der Waals surface area contributed by atoms with Crippen LogP contribution >= 0.6 is 11.3 Å². The summed E-state index contributed by atoms with van der Waals surface area (Å²) in [5.74, 6) is -1.57. The molecule has 0 atom stereocenters. The number of aromatic carboxylic acids is 1. The van der Waals surface area contributed by atoms with E-state index >= 15 is 0 Å². The van der Waals surface area contributed by atoms with E-state index in [1.54, 1.807) is 24.3 Å². The van der Waals surface area contributed by atoms with E-state index in [1.165, 1.54) is 12.4 Å². The predicted octanol–water partition coefficient (Wildman–Crippen LogP) is 1.91. The van der Waals surface area contributed by atoms with Crippen molar-refractivity contribution in [2.24, 2.45) is 0 Å². The van der Waals surface area contributed by atoms with Gasteiger partial charge in [-0.05, 0) is 18.1 Å². The van der Waals surface area contributed by atoms with Gasteiger partial charge in [-0.15, -0.1) is 11.3 Å². The first-order valence-corrected chi connectivity index (χ1v) is 9.04. The van der Waals surface area contributed by atoms with Gasteiger partial charge in [-0.2, -0.15) is 0 Å². The van der Waals surface area contributed by atoms with Crippen LogP contribution in [0.1, 0.15) is 28.5 Å². The van der Waals surface area contributed by atoms with Crippen LogP contribution in [0.25, 0.3) is 0 Å². The molecule has 0 saturated heterocycles. The minimum Gasteiger partial charge on any atom is -0.476 e. The second kappa shape index (κ2) is 6.88. The first-order valence-electron chi connectivity index (χ1n) is 6.51. The number of benzene rings is 1. The van der Waals surface area contributed by atoms with E-state index in [-0.39, 0.29) is 22.2 Å². The van der Waals surface area contributed by atoms with Gasteiger partial charge < -0.3 is 5.11 Å². The summed E-state index contributed by atoms with van der Waals surface area (Å²) in [5, 5.41) is 8.90. The number of hydrogen-bond donors (Lipinski definition) is 2. The number of anilines is 1. The molecule has 1 heterocycles. The molecule has 0 radical (unpaired) electrons. The van der Waals surface area contributed by atoms with E-state index in [0.29, 0.717) is 12.0 Å². The monoisotopic (exact) mass is 354 g/mol. The zero-order valence-electron chi connectivity index (χ0n) is 12.1. The van der Waals surface area contributed by atoms with Gasteiger partial charge >= 0.3 is 5.97 Å². The van der Waals surface area contributed by atoms with Crippen molar-refractivity contribution in [3.8, 4) is 0 Å². The lowest BCUT2D eigenvalue weighted by Crippen LogP contribution is -2.16. The van der Waals surface area contributed by atoms with Crippen molar-refractivity contribution in [2.45, 2.75) is 19.1 Å². The van der Waals surface area contributed by atoms with E-state index in [4.69, 9.17) is 5.11 Å². The maximum absolute atomic E-state index is 12.1. The molecule has 0 bridgehead atoms. The highest BCUT2D eigenvalue weighted by Gasteiger charge is 2.19. The standard InChI is InChI=1S/C14H14N2O5S2/c1-9(17)6-10-2-4-11(5-3-10)7-23(20,21)16-13-12(14(18)19)15-8-22-13/h2-5,8,16H,6-7H2,1H3,(H,18,19). The number of aromatic nitrogens is 1. The summed E-state index contributed by atoms with van der Waals surface area (Å²) in [6, 6.07) is 6.65. The molecule has 0 saturated carbocycles. The van der Waals surface area contributed by atoms with E-state index in [2.05, 4.69) is 9.71 Å². The number of rotatable bonds is 7. The van der Waals surface area contributed by atoms with Gasteiger partial charge in [-0.25, -0.2) is 18.2 Å². The van der Waals surface area contributed by atoms with Crippen molar-refractivity contribution in [2.75, 3.05) is 4.72 Å². The average Bonchev–Trinajstić information content (AvgIpc) is 2.87. The highest BCUT2D eigenvalue weighted by Crippen LogP contribution is 2.22. The fourth-order valence-electron chi connectivity index (χ4n) is 1.91. The number of carboxylic acids is 1. The van der Waals surface area contributed by atoms with E-state index in [9.17, 15) is 18.0 Å². The minimum absolute atomic E-state index is 0.0225. The number of carbonyl (C=O) groups excluding carboxylic acids is 1. The zero-order chi connectivity index (χ0) is 17.0. The molecule has 2 N–H and O–H groups in total. The fraction of sp³-hybridized carbons (Fsp3) is 0.214. The SMILES string of the molecule is CC(=O)Cc1ccc(CS(=O)(=O)Nc2scnc2C(=O)O)cc1. The lowest BCUT2D eigenvalue weighted by Gasteiger charge is -2.07. The Balaban J connectivity index is 2.10. The predicted molar refractivity (Wildman–Crippen MR) is 86.1 cm³/mol. The van der Waals surface area contributed by atoms with Gasteiger partial charge in [0.1, 0.15) is 10.8 Å². The summed E-state index contributed by atoms with van der Waals surface area (Å²) in [7, 11) is -3.76. The maximum Gasteiger partial charge on any atom is 0.357 e. The number of thiazole rings is 1. The summed E-state index contributed by atoms with van der Waals surface area (Å²) in [6.45, 7) is 1.48. The number of nitrogens with zero attached hydrogens (tertiary/aromatic N) is 1. The Morgan fingerprint density at radius 1 is 1.22 bits per heavy atom. The van der Waals surface area contributed by atoms with Gasteiger partial charge in [0.05, 0.1) is 11.3 Å². The highest BCUT2D eigenvalue weighted by molar-refractivity contribution is 7.92. The lowest BCUT2D eigenvalue weighted by atomic mass is 10.1. The number of sulfonamides is 1. The number of carbonyl (C=O) groups is 2.